The number of H-pyrrole nitrogens is 1. The molecule has 2 aromatic heterocycles. The number of halogens is 1. The van der Waals surface area contributed by atoms with Crippen molar-refractivity contribution in [3.8, 4) is 0 Å². The molecular formula is C14H16FN5O5. The van der Waals surface area contributed by atoms with Crippen molar-refractivity contribution in [1.82, 2.24) is 19.5 Å². The van der Waals surface area contributed by atoms with Crippen LogP contribution in [0.3, 0.4) is 0 Å². The summed E-state index contributed by atoms with van der Waals surface area (Å²) >= 11 is 0. The van der Waals surface area contributed by atoms with E-state index in [0.717, 1.165) is 10.9 Å². The number of hydrogen-bond acceptors (Lipinski definition) is 7. The van der Waals surface area contributed by atoms with Crippen molar-refractivity contribution in [2.24, 2.45) is 5.92 Å². The number of anilines is 1. The monoisotopic (exact) mass is 353 g/mol. The Kier molecular flexibility index (Phi) is 4.35. The third-order valence-corrected chi connectivity index (χ3v) is 3.78. The summed E-state index contributed by atoms with van der Waals surface area (Å²) in [6, 6.07) is 0. The number of aliphatic hydroxyl groups excluding tert-OH is 1. The molecule has 134 valence electrons. The Balaban J connectivity index is 2.03. The molecule has 1 unspecified atom stereocenters. The van der Waals surface area contributed by atoms with Gasteiger partial charge in [-0.2, -0.15) is 4.98 Å². The molecular weight excluding hydrogens is 337 g/mol. The minimum atomic E-state index is -1.99. The lowest BCUT2D eigenvalue weighted by atomic mass is 10.2. The molecule has 2 aromatic rings. The van der Waals surface area contributed by atoms with Crippen molar-refractivity contribution in [3.63, 3.8) is 0 Å². The number of aliphatic hydroxyl groups is 1. The summed E-state index contributed by atoms with van der Waals surface area (Å²) in [4.78, 5) is 46.1. The Morgan fingerprint density at radius 3 is 2.84 bits per heavy atom. The molecule has 0 aliphatic carbocycles. The Hall–Kier alpha value is -2.66. The van der Waals surface area contributed by atoms with Crippen LogP contribution in [0.25, 0.3) is 11.2 Å². The number of rotatable bonds is 4. The number of amides is 1. The van der Waals surface area contributed by atoms with Crippen molar-refractivity contribution in [2.75, 3.05) is 11.9 Å². The zero-order chi connectivity index (χ0) is 18.3. The third kappa shape index (κ3) is 2.91. The lowest BCUT2D eigenvalue weighted by molar-refractivity contribution is -0.128. The van der Waals surface area contributed by atoms with E-state index < -0.39 is 36.5 Å². The lowest BCUT2D eigenvalue weighted by Gasteiger charge is -2.12. The van der Waals surface area contributed by atoms with Crippen LogP contribution in [0.2, 0.25) is 0 Å². The number of nitrogens with zero attached hydrogens (tertiary/aromatic N) is 3. The van der Waals surface area contributed by atoms with Crippen LogP contribution in [0, 0.1) is 5.92 Å². The first-order valence-electron chi connectivity index (χ1n) is 7.55. The first-order valence-corrected chi connectivity index (χ1v) is 7.55. The average molecular weight is 353 g/mol. The van der Waals surface area contributed by atoms with Crippen LogP contribution in [-0.2, 0) is 14.3 Å². The van der Waals surface area contributed by atoms with Crippen molar-refractivity contribution in [1.29, 1.82) is 0 Å². The quantitative estimate of drug-likeness (QED) is 0.674. The van der Waals surface area contributed by atoms with Crippen molar-refractivity contribution < 1.29 is 23.8 Å². The molecule has 0 aromatic carbocycles. The van der Waals surface area contributed by atoms with Gasteiger partial charge in [0.05, 0.1) is 12.9 Å². The van der Waals surface area contributed by atoms with Gasteiger partial charge in [0.1, 0.15) is 6.10 Å². The van der Waals surface area contributed by atoms with Crippen LogP contribution in [0.5, 0.6) is 0 Å². The van der Waals surface area contributed by atoms with Gasteiger partial charge in [-0.3, -0.25) is 29.3 Å². The van der Waals surface area contributed by atoms with Gasteiger partial charge in [0.2, 0.25) is 17.6 Å². The number of ether oxygens (including phenoxy) is 1. The highest BCUT2D eigenvalue weighted by Crippen LogP contribution is 2.29. The normalized spacial score (nSPS) is 23.6. The number of aromatic nitrogens is 4. The van der Waals surface area contributed by atoms with E-state index in [2.05, 4.69) is 20.3 Å². The fourth-order valence-electron chi connectivity index (χ4n) is 2.38. The fourth-order valence-corrected chi connectivity index (χ4v) is 2.38. The number of fused-ring (bicyclic) bond motifs is 1. The molecule has 3 N–H and O–H groups in total. The Morgan fingerprint density at radius 1 is 1.52 bits per heavy atom. The van der Waals surface area contributed by atoms with Gasteiger partial charge in [-0.05, 0) is 0 Å². The van der Waals surface area contributed by atoms with Crippen LogP contribution in [-0.4, -0.2) is 55.2 Å². The Morgan fingerprint density at radius 2 is 2.24 bits per heavy atom. The smallest absolute Gasteiger partial charge is 0.280 e. The van der Waals surface area contributed by atoms with Crippen LogP contribution < -0.4 is 10.9 Å². The van der Waals surface area contributed by atoms with Crippen LogP contribution in [0.15, 0.2) is 11.1 Å². The largest absolute Gasteiger partial charge is 0.394 e. The van der Waals surface area contributed by atoms with Crippen LogP contribution in [0.1, 0.15) is 20.1 Å². The summed E-state index contributed by atoms with van der Waals surface area (Å²) < 4.78 is 20.1. The molecule has 0 radical (unpaired) electrons. The number of carbonyl (C=O) groups is 2. The Bertz CT molecular complexity index is 891. The van der Waals surface area contributed by atoms with E-state index in [1.165, 1.54) is 0 Å². The second-order valence-electron chi connectivity index (χ2n) is 5.90. The fraction of sp³-hybridized carbons (Fsp3) is 0.500. The highest BCUT2D eigenvalue weighted by atomic mass is 19.1. The van der Waals surface area contributed by atoms with Gasteiger partial charge in [0.25, 0.3) is 5.56 Å². The van der Waals surface area contributed by atoms with E-state index >= 15 is 0 Å². The van der Waals surface area contributed by atoms with E-state index in [-0.39, 0.29) is 28.9 Å². The molecule has 25 heavy (non-hydrogen) atoms. The van der Waals surface area contributed by atoms with Gasteiger partial charge in [-0.15, -0.1) is 0 Å². The number of ketones is 1. The second kappa shape index (κ2) is 6.33. The predicted molar refractivity (Wildman–Crippen MR) is 82.5 cm³/mol. The van der Waals surface area contributed by atoms with Gasteiger partial charge in [-0.1, -0.05) is 13.8 Å². The van der Waals surface area contributed by atoms with Crippen molar-refractivity contribution in [2.45, 2.75) is 32.4 Å². The van der Waals surface area contributed by atoms with Gasteiger partial charge >= 0.3 is 0 Å². The van der Waals surface area contributed by atoms with Crippen LogP contribution >= 0.6 is 0 Å². The van der Waals surface area contributed by atoms with Crippen molar-refractivity contribution in [3.05, 3.63) is 16.7 Å². The molecule has 1 fully saturated rings. The zero-order valence-electron chi connectivity index (χ0n) is 13.4. The second-order valence-corrected chi connectivity index (χ2v) is 5.90. The molecule has 3 heterocycles. The standard InChI is InChI=1S/C14H16FN5O5/c1-5(2)11(23)18-14-17-10-8(12(24)19-14)16-4-20(10)13-9(22)7(15)6(3-21)25-13/h4-7,13,21H,3H2,1-2H3,(H2,17,18,19,23,24)/t6?,7-,13+/m0/s1. The number of hydrogen-bond donors (Lipinski definition) is 3. The summed E-state index contributed by atoms with van der Waals surface area (Å²) in [6.45, 7) is 2.66. The molecule has 11 heteroatoms. The summed E-state index contributed by atoms with van der Waals surface area (Å²) in [5.41, 5.74) is -0.780. The van der Waals surface area contributed by atoms with Crippen LogP contribution in [0.4, 0.5) is 10.3 Å². The number of carbonyl (C=O) groups excluding carboxylic acids is 2. The minimum Gasteiger partial charge on any atom is -0.394 e. The molecule has 3 rings (SSSR count). The molecule has 0 bridgehead atoms. The number of nitrogens with one attached hydrogen (secondary N) is 2. The molecule has 1 amide bonds. The lowest BCUT2D eigenvalue weighted by Crippen LogP contribution is -2.25. The van der Waals surface area contributed by atoms with E-state index in [4.69, 9.17) is 9.84 Å². The highest BCUT2D eigenvalue weighted by Gasteiger charge is 2.45. The molecule has 1 aliphatic rings. The molecule has 1 saturated heterocycles. The molecule has 0 saturated carbocycles. The van der Waals surface area contributed by atoms with Gasteiger partial charge < -0.3 is 9.84 Å². The van der Waals surface area contributed by atoms with Gasteiger partial charge in [0, 0.05) is 5.92 Å². The van der Waals surface area contributed by atoms with E-state index in [0.29, 0.717) is 0 Å². The van der Waals surface area contributed by atoms with Gasteiger partial charge in [0.15, 0.2) is 23.6 Å². The summed E-state index contributed by atoms with van der Waals surface area (Å²) in [7, 11) is 0. The number of imidazole rings is 1. The summed E-state index contributed by atoms with van der Waals surface area (Å²) in [6.07, 6.45) is -3.57. The number of alkyl halides is 1. The molecule has 10 nitrogen and oxygen atoms in total. The first kappa shape index (κ1) is 17.2. The molecule has 0 spiro atoms. The number of aromatic amines is 1. The van der Waals surface area contributed by atoms with Gasteiger partial charge in [-0.25, -0.2) is 9.37 Å². The third-order valence-electron chi connectivity index (χ3n) is 3.78. The topological polar surface area (TPSA) is 139 Å². The predicted octanol–water partition coefficient (Wildman–Crippen LogP) is -0.489. The first-order chi connectivity index (χ1) is 11.8. The SMILES string of the molecule is CC(C)C(=O)Nc1nc2c(ncn2[C@@H]2OC(CO)[C@H](F)C2=O)c(=O)[nH]1. The maximum atomic E-state index is 13.8. The maximum absolute atomic E-state index is 13.8. The van der Waals surface area contributed by atoms with E-state index in [1.54, 1.807) is 13.8 Å². The summed E-state index contributed by atoms with van der Waals surface area (Å²) in [5, 5.41) is 11.5. The minimum absolute atomic E-state index is 0.0491. The zero-order valence-corrected chi connectivity index (χ0v) is 13.4. The van der Waals surface area contributed by atoms with Crippen molar-refractivity contribution >= 4 is 28.8 Å². The highest BCUT2D eigenvalue weighted by molar-refractivity contribution is 5.91. The molecule has 1 aliphatic heterocycles. The number of Topliss-reactive ketones (excluding diaryl/α,β-unsaturated/α-hetero) is 1. The Labute approximate surface area is 140 Å². The molecule has 3 atom stereocenters. The van der Waals surface area contributed by atoms with E-state index in [9.17, 15) is 18.8 Å². The van der Waals surface area contributed by atoms with E-state index in [1.807, 2.05) is 0 Å². The average Bonchev–Trinajstić information content (AvgIpc) is 3.10. The summed E-state index contributed by atoms with van der Waals surface area (Å²) in [5.74, 6) is -1.75. The maximum Gasteiger partial charge on any atom is 0.280 e.